The topological polar surface area (TPSA) is 63.4 Å². The molecule has 2 rings (SSSR count). The number of carbonyl (C=O) groups is 1. The van der Waals surface area contributed by atoms with Crippen LogP contribution in [0.3, 0.4) is 0 Å². The highest BCUT2D eigenvalue weighted by atomic mass is 32.2. The number of anilines is 1. The van der Waals surface area contributed by atoms with Crippen molar-refractivity contribution in [2.75, 3.05) is 19.3 Å². The second-order valence-corrected chi connectivity index (χ2v) is 5.91. The molecule has 1 fully saturated rings. The van der Waals surface area contributed by atoms with E-state index < -0.39 is 16.0 Å². The normalized spacial score (nSPS) is 21.9. The number of nitrogen functional groups attached to an aromatic ring is 1. The number of nitrogens with two attached hydrogens (primary N) is 1. The van der Waals surface area contributed by atoms with Crippen LogP contribution in [-0.4, -0.2) is 33.9 Å². The maximum absolute atomic E-state index is 12.4. The first-order chi connectivity index (χ1) is 8.02. The summed E-state index contributed by atoms with van der Waals surface area (Å²) in [7, 11) is 0.439. The Hall–Kier alpha value is -1.36. The lowest BCUT2D eigenvalue weighted by molar-refractivity contribution is -0.126. The maximum Gasteiger partial charge on any atom is 0.238 e. The fourth-order valence-corrected chi connectivity index (χ4v) is 3.61. The number of hydrogen-bond donors (Lipinski definition) is 1. The number of likely N-dealkylation sites (tertiary alicyclic amines) is 1. The van der Waals surface area contributed by atoms with Crippen LogP contribution in [0.15, 0.2) is 23.1 Å². The van der Waals surface area contributed by atoms with Crippen molar-refractivity contribution in [3.8, 4) is 0 Å². The Morgan fingerprint density at radius 1 is 1.47 bits per heavy atom. The summed E-state index contributed by atoms with van der Waals surface area (Å²) in [6.07, 6.45) is 0.649. The van der Waals surface area contributed by atoms with Crippen molar-refractivity contribution in [1.29, 1.82) is 0 Å². The van der Waals surface area contributed by atoms with E-state index in [4.69, 9.17) is 5.73 Å². The van der Waals surface area contributed by atoms with Gasteiger partial charge in [-0.05, 0) is 31.0 Å². The fourth-order valence-electron chi connectivity index (χ4n) is 1.99. The molecule has 0 radical (unpaired) electrons. The number of carbonyl (C=O) groups excluding carboxylic acids is 1. The molecule has 92 valence electrons. The summed E-state index contributed by atoms with van der Waals surface area (Å²) < 4.78 is 12.4. The lowest BCUT2D eigenvalue weighted by Gasteiger charge is -2.12. The minimum absolute atomic E-state index is 0.0369. The third kappa shape index (κ3) is 2.07. The zero-order valence-corrected chi connectivity index (χ0v) is 10.8. The van der Waals surface area contributed by atoms with Gasteiger partial charge in [0.15, 0.2) is 0 Å². The Morgan fingerprint density at radius 2 is 2.18 bits per heavy atom. The van der Waals surface area contributed by atoms with Crippen molar-refractivity contribution in [1.82, 2.24) is 4.90 Å². The molecular formula is C12H16N2O2S. The maximum atomic E-state index is 12.4. The van der Waals surface area contributed by atoms with Crippen LogP contribution in [0.25, 0.3) is 0 Å². The second-order valence-electron chi connectivity index (χ2n) is 4.30. The molecule has 2 unspecified atom stereocenters. The standard InChI is InChI=1S/C12H16N2O2S/c1-8-9(13)4-3-5-10(8)17(16)11-6-7-14(2)12(11)15/h3-5,11H,6-7,13H2,1-2H3. The monoisotopic (exact) mass is 252 g/mol. The molecule has 0 aliphatic carbocycles. The molecule has 4 nitrogen and oxygen atoms in total. The molecule has 1 aromatic rings. The zero-order valence-electron chi connectivity index (χ0n) is 9.97. The van der Waals surface area contributed by atoms with Crippen molar-refractivity contribution in [2.45, 2.75) is 23.5 Å². The van der Waals surface area contributed by atoms with Gasteiger partial charge >= 0.3 is 0 Å². The van der Waals surface area contributed by atoms with Crippen LogP contribution in [0, 0.1) is 6.92 Å². The third-order valence-electron chi connectivity index (χ3n) is 3.18. The largest absolute Gasteiger partial charge is 0.398 e. The first-order valence-corrected chi connectivity index (χ1v) is 6.74. The molecule has 1 aliphatic rings. The predicted octanol–water partition coefficient (Wildman–Crippen LogP) is 0.916. The van der Waals surface area contributed by atoms with E-state index >= 15 is 0 Å². The van der Waals surface area contributed by atoms with Gasteiger partial charge in [0.2, 0.25) is 5.91 Å². The lowest BCUT2D eigenvalue weighted by Crippen LogP contribution is -2.28. The molecule has 5 heteroatoms. The Bertz CT molecular complexity index is 487. The molecule has 0 saturated carbocycles. The minimum atomic E-state index is -1.30. The van der Waals surface area contributed by atoms with Crippen LogP contribution >= 0.6 is 0 Å². The number of nitrogens with zero attached hydrogens (tertiary/aromatic N) is 1. The smallest absolute Gasteiger partial charge is 0.238 e. The molecule has 17 heavy (non-hydrogen) atoms. The van der Waals surface area contributed by atoms with Gasteiger partial charge in [0.05, 0.1) is 10.8 Å². The summed E-state index contributed by atoms with van der Waals surface area (Å²) in [6, 6.07) is 5.34. The first-order valence-electron chi connectivity index (χ1n) is 5.53. The first kappa shape index (κ1) is 12.1. The molecule has 1 aliphatic heterocycles. The summed E-state index contributed by atoms with van der Waals surface area (Å²) in [5.41, 5.74) is 7.22. The zero-order chi connectivity index (χ0) is 12.6. The van der Waals surface area contributed by atoms with E-state index in [-0.39, 0.29) is 5.91 Å². The minimum Gasteiger partial charge on any atom is -0.398 e. The summed E-state index contributed by atoms with van der Waals surface area (Å²) in [4.78, 5) is 14.1. The Balaban J connectivity index is 2.32. The number of benzene rings is 1. The molecule has 0 aromatic heterocycles. The van der Waals surface area contributed by atoms with E-state index in [2.05, 4.69) is 0 Å². The van der Waals surface area contributed by atoms with Crippen molar-refractivity contribution < 1.29 is 9.00 Å². The van der Waals surface area contributed by atoms with E-state index in [9.17, 15) is 9.00 Å². The summed E-state index contributed by atoms with van der Waals surface area (Å²) in [5, 5.41) is -0.416. The van der Waals surface area contributed by atoms with Gasteiger partial charge in [0.1, 0.15) is 5.25 Å². The van der Waals surface area contributed by atoms with Gasteiger partial charge in [-0.2, -0.15) is 0 Å². The number of hydrogen-bond acceptors (Lipinski definition) is 3. The molecule has 1 aromatic carbocycles. The van der Waals surface area contributed by atoms with E-state index in [1.165, 1.54) is 0 Å². The van der Waals surface area contributed by atoms with E-state index in [0.717, 1.165) is 5.56 Å². The van der Waals surface area contributed by atoms with Crippen LogP contribution in [0.5, 0.6) is 0 Å². The molecular weight excluding hydrogens is 236 g/mol. The SMILES string of the molecule is Cc1c(N)cccc1S(=O)C1CCN(C)C1=O. The van der Waals surface area contributed by atoms with Gasteiger partial charge in [-0.25, -0.2) is 0 Å². The van der Waals surface area contributed by atoms with Crippen molar-refractivity contribution in [2.24, 2.45) is 0 Å². The second kappa shape index (κ2) is 4.49. The van der Waals surface area contributed by atoms with Crippen molar-refractivity contribution in [3.63, 3.8) is 0 Å². The average Bonchev–Trinajstić information content (AvgIpc) is 2.63. The highest BCUT2D eigenvalue weighted by Crippen LogP contribution is 2.25. The third-order valence-corrected chi connectivity index (χ3v) is 5.01. The summed E-state index contributed by atoms with van der Waals surface area (Å²) in [6.45, 7) is 2.52. The quantitative estimate of drug-likeness (QED) is 0.796. The van der Waals surface area contributed by atoms with Gasteiger partial charge in [0, 0.05) is 24.2 Å². The fraction of sp³-hybridized carbons (Fsp3) is 0.417. The van der Waals surface area contributed by atoms with Crippen LogP contribution in [-0.2, 0) is 15.6 Å². The molecule has 1 saturated heterocycles. The number of amides is 1. The Labute approximate surface area is 103 Å². The van der Waals surface area contributed by atoms with Crippen molar-refractivity contribution >= 4 is 22.4 Å². The van der Waals surface area contributed by atoms with Gasteiger partial charge in [0.25, 0.3) is 0 Å². The van der Waals surface area contributed by atoms with Crippen LogP contribution in [0.4, 0.5) is 5.69 Å². The van der Waals surface area contributed by atoms with Gasteiger partial charge in [-0.1, -0.05) is 6.07 Å². The highest BCUT2D eigenvalue weighted by Gasteiger charge is 2.35. The van der Waals surface area contributed by atoms with Gasteiger partial charge in [-0.3, -0.25) is 9.00 Å². The van der Waals surface area contributed by atoms with Crippen LogP contribution in [0.1, 0.15) is 12.0 Å². The summed E-state index contributed by atoms with van der Waals surface area (Å²) in [5.74, 6) is -0.0369. The molecule has 2 atom stereocenters. The number of rotatable bonds is 2. The van der Waals surface area contributed by atoms with Crippen LogP contribution in [0.2, 0.25) is 0 Å². The van der Waals surface area contributed by atoms with Gasteiger partial charge < -0.3 is 10.6 Å². The van der Waals surface area contributed by atoms with Gasteiger partial charge in [-0.15, -0.1) is 0 Å². The van der Waals surface area contributed by atoms with E-state index in [0.29, 0.717) is 23.5 Å². The molecule has 1 heterocycles. The van der Waals surface area contributed by atoms with E-state index in [1.54, 1.807) is 30.1 Å². The molecule has 0 bridgehead atoms. The molecule has 1 amide bonds. The average molecular weight is 252 g/mol. The highest BCUT2D eigenvalue weighted by molar-refractivity contribution is 7.86. The molecule has 0 spiro atoms. The summed E-state index contributed by atoms with van der Waals surface area (Å²) >= 11 is 0. The van der Waals surface area contributed by atoms with Crippen LogP contribution < -0.4 is 5.73 Å². The molecule has 2 N–H and O–H groups in total. The Kier molecular flexibility index (Phi) is 3.19. The predicted molar refractivity (Wildman–Crippen MR) is 68.0 cm³/mol. The lowest BCUT2D eigenvalue weighted by atomic mass is 10.2. The Morgan fingerprint density at radius 3 is 2.76 bits per heavy atom. The van der Waals surface area contributed by atoms with E-state index in [1.807, 2.05) is 6.92 Å². The van der Waals surface area contributed by atoms with Crippen molar-refractivity contribution in [3.05, 3.63) is 23.8 Å².